The summed E-state index contributed by atoms with van der Waals surface area (Å²) in [5, 5.41) is 0.542. The summed E-state index contributed by atoms with van der Waals surface area (Å²) < 4.78 is 21.5. The number of benzene rings is 2. The van der Waals surface area contributed by atoms with Gasteiger partial charge >= 0.3 is 0 Å². The molecule has 0 spiro atoms. The molecule has 0 bridgehead atoms. The van der Waals surface area contributed by atoms with Crippen molar-refractivity contribution in [2.24, 2.45) is 0 Å². The Morgan fingerprint density at radius 2 is 1.96 bits per heavy atom. The summed E-state index contributed by atoms with van der Waals surface area (Å²) in [5.74, 6) is 0.0585. The molecule has 4 rings (SSSR count). The second-order valence-corrected chi connectivity index (χ2v) is 7.29. The largest absolute Gasteiger partial charge is 0.487 e. The molecule has 3 aromatic rings. The molecule has 1 aliphatic carbocycles. The van der Waals surface area contributed by atoms with Crippen molar-refractivity contribution in [3.8, 4) is 16.9 Å². The number of ether oxygens (including phenoxy) is 1. The molecule has 2 aromatic carbocycles. The standard InChI is InChI=1S/C19H19FN2OS/c20-15-8-4-7-14(18(15)23-13-5-2-1-3-6-13)12-9-10-16-17(11-12)24-19(21)22-16/h4,7-11,13H,1-3,5-6H2,(H2,21,22). The van der Waals surface area contributed by atoms with Gasteiger partial charge < -0.3 is 10.5 Å². The van der Waals surface area contributed by atoms with Crippen LogP contribution in [0.3, 0.4) is 0 Å². The summed E-state index contributed by atoms with van der Waals surface area (Å²) in [7, 11) is 0. The lowest BCUT2D eigenvalue weighted by molar-refractivity contribution is 0.149. The van der Waals surface area contributed by atoms with E-state index in [9.17, 15) is 4.39 Å². The van der Waals surface area contributed by atoms with Gasteiger partial charge in [0, 0.05) is 5.56 Å². The van der Waals surface area contributed by atoms with E-state index in [0.717, 1.165) is 47.0 Å². The Labute approximate surface area is 144 Å². The van der Waals surface area contributed by atoms with Gasteiger partial charge in [-0.3, -0.25) is 0 Å². The number of nitrogen functional groups attached to an aromatic ring is 1. The number of anilines is 1. The Morgan fingerprint density at radius 3 is 2.79 bits per heavy atom. The van der Waals surface area contributed by atoms with E-state index in [1.54, 1.807) is 6.07 Å². The highest BCUT2D eigenvalue weighted by Crippen LogP contribution is 2.37. The second kappa shape index (κ2) is 6.40. The summed E-state index contributed by atoms with van der Waals surface area (Å²) >= 11 is 1.44. The molecule has 2 N–H and O–H groups in total. The maximum atomic E-state index is 14.5. The molecule has 24 heavy (non-hydrogen) atoms. The van der Waals surface area contributed by atoms with Crippen LogP contribution in [-0.2, 0) is 0 Å². The number of halogens is 1. The lowest BCUT2D eigenvalue weighted by atomic mass is 9.97. The van der Waals surface area contributed by atoms with Crippen molar-refractivity contribution in [3.05, 3.63) is 42.2 Å². The highest BCUT2D eigenvalue weighted by atomic mass is 32.1. The molecule has 124 valence electrons. The first kappa shape index (κ1) is 15.4. The normalized spacial score (nSPS) is 15.7. The first-order chi connectivity index (χ1) is 11.7. The van der Waals surface area contributed by atoms with E-state index < -0.39 is 0 Å². The van der Waals surface area contributed by atoms with Gasteiger partial charge in [0.15, 0.2) is 16.7 Å². The minimum Gasteiger partial charge on any atom is -0.487 e. The van der Waals surface area contributed by atoms with E-state index in [0.29, 0.717) is 10.9 Å². The van der Waals surface area contributed by atoms with Crippen molar-refractivity contribution in [2.45, 2.75) is 38.2 Å². The summed E-state index contributed by atoms with van der Waals surface area (Å²) in [6.07, 6.45) is 5.66. The van der Waals surface area contributed by atoms with Crippen LogP contribution in [0.4, 0.5) is 9.52 Å². The molecule has 1 saturated carbocycles. The first-order valence-electron chi connectivity index (χ1n) is 8.32. The van der Waals surface area contributed by atoms with Gasteiger partial charge in [0.25, 0.3) is 0 Å². The minimum atomic E-state index is -0.304. The van der Waals surface area contributed by atoms with Gasteiger partial charge in [-0.25, -0.2) is 9.37 Å². The Kier molecular flexibility index (Phi) is 4.10. The molecule has 0 aliphatic heterocycles. The summed E-state index contributed by atoms with van der Waals surface area (Å²) in [5.41, 5.74) is 8.36. The van der Waals surface area contributed by atoms with E-state index in [2.05, 4.69) is 4.98 Å². The number of hydrogen-bond acceptors (Lipinski definition) is 4. The molecule has 1 aromatic heterocycles. The van der Waals surface area contributed by atoms with E-state index >= 15 is 0 Å². The van der Waals surface area contributed by atoms with Crippen LogP contribution in [0.25, 0.3) is 21.3 Å². The maximum absolute atomic E-state index is 14.5. The summed E-state index contributed by atoms with van der Waals surface area (Å²) in [6, 6.07) is 11.0. The zero-order valence-electron chi connectivity index (χ0n) is 13.3. The van der Waals surface area contributed by atoms with Gasteiger partial charge in [-0.1, -0.05) is 36.0 Å². The molecule has 0 radical (unpaired) electrons. The molecular weight excluding hydrogens is 323 g/mol. The number of nitrogens with zero attached hydrogens (tertiary/aromatic N) is 1. The Bertz CT molecular complexity index is 871. The summed E-state index contributed by atoms with van der Waals surface area (Å²) in [4.78, 5) is 4.27. The molecule has 0 unspecified atom stereocenters. The van der Waals surface area contributed by atoms with Gasteiger partial charge in [0.05, 0.1) is 16.3 Å². The van der Waals surface area contributed by atoms with Crippen LogP contribution >= 0.6 is 11.3 Å². The topological polar surface area (TPSA) is 48.1 Å². The zero-order valence-corrected chi connectivity index (χ0v) is 14.1. The predicted octanol–water partition coefficient (Wildman–Crippen LogP) is 5.40. The molecule has 3 nitrogen and oxygen atoms in total. The fourth-order valence-electron chi connectivity index (χ4n) is 3.32. The Morgan fingerprint density at radius 1 is 1.12 bits per heavy atom. The van der Waals surface area contributed by atoms with Crippen LogP contribution in [0, 0.1) is 5.82 Å². The molecule has 0 saturated heterocycles. The number of aromatic nitrogens is 1. The van der Waals surface area contributed by atoms with Gasteiger partial charge in [-0.2, -0.15) is 0 Å². The van der Waals surface area contributed by atoms with Crippen LogP contribution in [-0.4, -0.2) is 11.1 Å². The fraction of sp³-hybridized carbons (Fsp3) is 0.316. The van der Waals surface area contributed by atoms with E-state index in [-0.39, 0.29) is 11.9 Å². The number of nitrogens with two attached hydrogens (primary N) is 1. The van der Waals surface area contributed by atoms with Crippen molar-refractivity contribution in [1.29, 1.82) is 0 Å². The quantitative estimate of drug-likeness (QED) is 0.693. The fourth-order valence-corrected chi connectivity index (χ4v) is 4.09. The van der Waals surface area contributed by atoms with Gasteiger partial charge in [0.1, 0.15) is 0 Å². The van der Waals surface area contributed by atoms with Crippen molar-refractivity contribution < 1.29 is 9.13 Å². The minimum absolute atomic E-state index is 0.109. The van der Waals surface area contributed by atoms with Crippen molar-refractivity contribution >= 4 is 26.7 Å². The van der Waals surface area contributed by atoms with Crippen molar-refractivity contribution in [1.82, 2.24) is 4.98 Å². The average Bonchev–Trinajstić information content (AvgIpc) is 2.97. The monoisotopic (exact) mass is 342 g/mol. The third-order valence-electron chi connectivity index (χ3n) is 4.52. The van der Waals surface area contributed by atoms with Crippen molar-refractivity contribution in [3.63, 3.8) is 0 Å². The number of thiazole rings is 1. The van der Waals surface area contributed by atoms with E-state index in [1.807, 2.05) is 24.3 Å². The third kappa shape index (κ3) is 2.96. The van der Waals surface area contributed by atoms with E-state index in [1.165, 1.54) is 23.8 Å². The highest BCUT2D eigenvalue weighted by molar-refractivity contribution is 7.22. The maximum Gasteiger partial charge on any atom is 0.181 e. The van der Waals surface area contributed by atoms with Crippen LogP contribution in [0.2, 0.25) is 0 Å². The number of para-hydroxylation sites is 1. The van der Waals surface area contributed by atoms with Crippen LogP contribution in [0.1, 0.15) is 32.1 Å². The molecule has 1 heterocycles. The first-order valence-corrected chi connectivity index (χ1v) is 9.14. The van der Waals surface area contributed by atoms with Crippen LogP contribution in [0.5, 0.6) is 5.75 Å². The number of hydrogen-bond donors (Lipinski definition) is 1. The molecular formula is C19H19FN2OS. The Hall–Kier alpha value is -2.14. The zero-order chi connectivity index (χ0) is 16.5. The van der Waals surface area contributed by atoms with Crippen LogP contribution in [0.15, 0.2) is 36.4 Å². The van der Waals surface area contributed by atoms with E-state index in [4.69, 9.17) is 10.5 Å². The second-order valence-electron chi connectivity index (χ2n) is 6.23. The lowest BCUT2D eigenvalue weighted by Gasteiger charge is -2.24. The summed E-state index contributed by atoms with van der Waals surface area (Å²) in [6.45, 7) is 0. The highest BCUT2D eigenvalue weighted by Gasteiger charge is 2.20. The number of fused-ring (bicyclic) bond motifs is 1. The predicted molar refractivity (Wildman–Crippen MR) is 96.9 cm³/mol. The average molecular weight is 342 g/mol. The van der Waals surface area contributed by atoms with Gasteiger partial charge in [-0.15, -0.1) is 0 Å². The molecule has 0 amide bonds. The molecule has 1 aliphatic rings. The SMILES string of the molecule is Nc1nc2ccc(-c3cccc(F)c3OC3CCCCC3)cc2s1. The number of rotatable bonds is 3. The molecule has 5 heteroatoms. The lowest BCUT2D eigenvalue weighted by Crippen LogP contribution is -2.20. The van der Waals surface area contributed by atoms with Gasteiger partial charge in [0.2, 0.25) is 0 Å². The Balaban J connectivity index is 1.74. The molecule has 1 fully saturated rings. The van der Waals surface area contributed by atoms with Crippen LogP contribution < -0.4 is 10.5 Å². The smallest absolute Gasteiger partial charge is 0.181 e. The third-order valence-corrected chi connectivity index (χ3v) is 5.37. The molecule has 0 atom stereocenters. The van der Waals surface area contributed by atoms with Crippen molar-refractivity contribution in [2.75, 3.05) is 5.73 Å². The van der Waals surface area contributed by atoms with Gasteiger partial charge in [-0.05, 0) is 49.4 Å².